The summed E-state index contributed by atoms with van der Waals surface area (Å²) in [6.45, 7) is 13.3. The van der Waals surface area contributed by atoms with E-state index in [9.17, 15) is 4.39 Å². The second-order valence-electron chi connectivity index (χ2n) is 15.9. The van der Waals surface area contributed by atoms with Crippen LogP contribution in [-0.2, 0) is 19.6 Å². The minimum Gasteiger partial charge on any atom is -0.491 e. The van der Waals surface area contributed by atoms with E-state index in [0.717, 1.165) is 42.6 Å². The van der Waals surface area contributed by atoms with E-state index in [-0.39, 0.29) is 29.0 Å². The lowest BCUT2D eigenvalue weighted by Crippen LogP contribution is -2.53. The second-order valence-corrected chi connectivity index (χ2v) is 15.9. The third kappa shape index (κ3) is 10.2. The molecule has 0 saturated carbocycles. The quantitative estimate of drug-likeness (QED) is 0.0664. The molecule has 0 spiro atoms. The second kappa shape index (κ2) is 19.7. The van der Waals surface area contributed by atoms with Gasteiger partial charge in [0.15, 0.2) is 45.6 Å². The molecule has 2 saturated heterocycles. The average molecular weight is 870 g/mol. The molecule has 16 heteroatoms. The smallest absolute Gasteiger partial charge is 0.298 e. The number of hydrogen-bond acceptors (Lipinski definition) is 14. The van der Waals surface area contributed by atoms with E-state index in [1.54, 1.807) is 24.3 Å². The highest BCUT2D eigenvalue weighted by Gasteiger charge is 2.39. The molecule has 0 aliphatic carbocycles. The van der Waals surface area contributed by atoms with E-state index in [1.807, 2.05) is 64.1 Å². The van der Waals surface area contributed by atoms with Gasteiger partial charge in [-0.1, -0.05) is 12.1 Å². The van der Waals surface area contributed by atoms with Crippen LogP contribution in [0.15, 0.2) is 69.5 Å². The lowest BCUT2D eigenvalue weighted by Gasteiger charge is -2.41. The van der Waals surface area contributed by atoms with Gasteiger partial charge >= 0.3 is 0 Å². The molecule has 4 aromatic carbocycles. The van der Waals surface area contributed by atoms with Crippen molar-refractivity contribution in [2.45, 2.75) is 84.8 Å². The Kier molecular flexibility index (Phi) is 13.7. The highest BCUT2D eigenvalue weighted by molar-refractivity contribution is 5.81. The Morgan fingerprint density at radius 2 is 1.22 bits per heavy atom. The van der Waals surface area contributed by atoms with E-state index < -0.39 is 17.4 Å². The van der Waals surface area contributed by atoms with Crippen LogP contribution in [0.5, 0.6) is 28.7 Å². The fraction of sp³-hybridized carbons (Fsp3) is 0.447. The fourth-order valence-electron chi connectivity index (χ4n) is 8.35. The van der Waals surface area contributed by atoms with Gasteiger partial charge in [0.1, 0.15) is 11.0 Å². The highest BCUT2D eigenvalue weighted by Crippen LogP contribution is 2.38. The minimum atomic E-state index is -0.942. The van der Waals surface area contributed by atoms with Crippen molar-refractivity contribution < 1.29 is 41.3 Å². The first kappa shape index (κ1) is 43.8. The molecule has 336 valence electrons. The van der Waals surface area contributed by atoms with E-state index >= 15 is 4.39 Å². The molecule has 0 unspecified atom stereocenters. The predicted octanol–water partition coefficient (Wildman–Crippen LogP) is 8.86. The van der Waals surface area contributed by atoms with Gasteiger partial charge < -0.3 is 48.9 Å². The molecule has 6 aromatic rings. The summed E-state index contributed by atoms with van der Waals surface area (Å²) in [5.41, 5.74) is 10.3. The molecular formula is C47H57F2N7O7. The molecule has 63 heavy (non-hydrogen) atoms. The van der Waals surface area contributed by atoms with Gasteiger partial charge in [-0.3, -0.25) is 9.80 Å². The number of anilines is 2. The molecule has 2 aliphatic rings. The number of oxazole rings is 2. The topological polar surface area (TPSA) is 155 Å². The molecule has 2 aliphatic heterocycles. The first-order valence-corrected chi connectivity index (χ1v) is 22.0. The summed E-state index contributed by atoms with van der Waals surface area (Å²) in [6, 6.07) is 19.3. The Morgan fingerprint density at radius 1 is 0.667 bits per heavy atom. The maximum Gasteiger partial charge on any atom is 0.298 e. The zero-order valence-corrected chi connectivity index (χ0v) is 36.4. The Hall–Kier alpha value is -5.84. The molecule has 8 rings (SSSR count). The highest BCUT2D eigenvalue weighted by atomic mass is 19.1. The maximum atomic E-state index is 15.1. The third-order valence-electron chi connectivity index (χ3n) is 11.4. The fourth-order valence-corrected chi connectivity index (χ4v) is 8.35. The van der Waals surface area contributed by atoms with Crippen LogP contribution in [0, 0.1) is 11.6 Å². The Bertz CT molecular complexity index is 2430. The first-order chi connectivity index (χ1) is 30.7. The molecule has 0 amide bonds. The normalized spacial score (nSPS) is 16.0. The number of fused-ring (bicyclic) bond motifs is 2. The summed E-state index contributed by atoms with van der Waals surface area (Å²) >= 11 is 0. The van der Waals surface area contributed by atoms with Gasteiger partial charge in [-0.2, -0.15) is 18.7 Å². The van der Waals surface area contributed by atoms with Crippen LogP contribution < -0.4 is 40.1 Å². The van der Waals surface area contributed by atoms with Crippen LogP contribution in [0.4, 0.5) is 20.8 Å². The maximum absolute atomic E-state index is 15.1. The van der Waals surface area contributed by atoms with Crippen molar-refractivity contribution in [3.8, 4) is 28.7 Å². The standard InChI is InChI=1S/C47H57F2N7O7/c1-5-57-38-23-31(24-39(42(38)48)58-6-2)28-55-18-14-33(15-19-55)51-45-52-34-10-9-11-37(44(34)62-45)63-47(54-46-53-35-22-30(27-50)12-13-36(35)61-46)16-20-56(21-17-47)29-32-25-40(59-7-3)43(49)41(26-32)60-8-4/h9-13,22-26,33H,5-8,14-21,27-29,50H2,1-4H3,(H,51,52)(H,53,54). The average Bonchev–Trinajstić information content (AvgIpc) is 3.89. The van der Waals surface area contributed by atoms with E-state index in [1.165, 1.54) is 0 Å². The number of likely N-dealkylation sites (tertiary alicyclic amines) is 2. The summed E-state index contributed by atoms with van der Waals surface area (Å²) < 4.78 is 71.9. The summed E-state index contributed by atoms with van der Waals surface area (Å²) in [5.74, 6) is 0.355. The number of nitrogens with two attached hydrogens (primary N) is 1. The molecule has 2 fully saturated rings. The van der Waals surface area contributed by atoms with Gasteiger partial charge in [-0.25, -0.2) is 0 Å². The number of para-hydroxylation sites is 1. The van der Waals surface area contributed by atoms with Crippen molar-refractivity contribution in [1.82, 2.24) is 19.8 Å². The summed E-state index contributed by atoms with van der Waals surface area (Å²) in [6.07, 6.45) is 2.81. The molecule has 2 aromatic heterocycles. The van der Waals surface area contributed by atoms with E-state index in [4.69, 9.17) is 48.2 Å². The van der Waals surface area contributed by atoms with Crippen LogP contribution in [-0.4, -0.2) is 84.1 Å². The number of hydrogen-bond donors (Lipinski definition) is 3. The molecule has 4 N–H and O–H groups in total. The summed E-state index contributed by atoms with van der Waals surface area (Å²) in [4.78, 5) is 14.2. The van der Waals surface area contributed by atoms with Gasteiger partial charge in [0.2, 0.25) is 11.6 Å². The number of halogens is 2. The van der Waals surface area contributed by atoms with Crippen molar-refractivity contribution >= 4 is 34.2 Å². The largest absolute Gasteiger partial charge is 0.491 e. The molecule has 4 heterocycles. The number of aromatic nitrogens is 2. The predicted molar refractivity (Wildman–Crippen MR) is 237 cm³/mol. The van der Waals surface area contributed by atoms with Crippen LogP contribution in [0.2, 0.25) is 0 Å². The Labute approximate surface area is 366 Å². The summed E-state index contributed by atoms with van der Waals surface area (Å²) in [5, 5.41) is 7.06. The lowest BCUT2D eigenvalue weighted by atomic mass is 9.99. The van der Waals surface area contributed by atoms with Crippen LogP contribution in [0.1, 0.15) is 70.1 Å². The van der Waals surface area contributed by atoms with Crippen molar-refractivity contribution in [2.24, 2.45) is 5.73 Å². The lowest BCUT2D eigenvalue weighted by molar-refractivity contribution is 0.0205. The number of ether oxygens (including phenoxy) is 5. The van der Waals surface area contributed by atoms with E-state index in [2.05, 4.69) is 20.4 Å². The van der Waals surface area contributed by atoms with Gasteiger partial charge in [0.25, 0.3) is 12.0 Å². The van der Waals surface area contributed by atoms with Crippen molar-refractivity contribution in [1.29, 1.82) is 0 Å². The van der Waals surface area contributed by atoms with Crippen molar-refractivity contribution in [3.05, 3.63) is 89.0 Å². The van der Waals surface area contributed by atoms with Gasteiger partial charge in [-0.15, -0.1) is 0 Å². The monoisotopic (exact) mass is 869 g/mol. The van der Waals surface area contributed by atoms with Crippen LogP contribution >= 0.6 is 0 Å². The van der Waals surface area contributed by atoms with E-state index in [0.29, 0.717) is 112 Å². The molecular weight excluding hydrogens is 813 g/mol. The zero-order valence-electron chi connectivity index (χ0n) is 36.4. The summed E-state index contributed by atoms with van der Waals surface area (Å²) in [7, 11) is 0. The molecule has 0 bridgehead atoms. The number of nitrogens with zero attached hydrogens (tertiary/aromatic N) is 4. The van der Waals surface area contributed by atoms with Gasteiger partial charge in [0, 0.05) is 64.7 Å². The number of rotatable bonds is 19. The third-order valence-corrected chi connectivity index (χ3v) is 11.4. The number of piperidine rings is 2. The Balaban J connectivity index is 0.973. The number of nitrogens with one attached hydrogen (secondary N) is 2. The molecule has 14 nitrogen and oxygen atoms in total. The first-order valence-electron chi connectivity index (χ1n) is 22.0. The van der Waals surface area contributed by atoms with Crippen LogP contribution in [0.25, 0.3) is 22.2 Å². The molecule has 0 radical (unpaired) electrons. The van der Waals surface area contributed by atoms with Crippen LogP contribution in [0.3, 0.4) is 0 Å². The van der Waals surface area contributed by atoms with Gasteiger partial charge in [0.05, 0.1) is 26.4 Å². The zero-order chi connectivity index (χ0) is 43.9. The minimum absolute atomic E-state index is 0.136. The van der Waals surface area contributed by atoms with Gasteiger partial charge in [-0.05, 0) is 106 Å². The van der Waals surface area contributed by atoms with Crippen molar-refractivity contribution in [2.75, 3.05) is 63.2 Å². The SMILES string of the molecule is CCOc1cc(CN2CCC(Nc3nc4cccc(OC5(Nc6nc7cc(CN)ccc7o6)CCN(Cc6cc(OCC)c(F)c(OCC)c6)CC5)c4o3)CC2)cc(OCC)c1F. The van der Waals surface area contributed by atoms with Crippen molar-refractivity contribution in [3.63, 3.8) is 0 Å². The number of benzene rings is 4. The molecule has 0 atom stereocenters. The Morgan fingerprint density at radius 3 is 1.78 bits per heavy atom.